The van der Waals surface area contributed by atoms with E-state index in [0.29, 0.717) is 36.4 Å². The summed E-state index contributed by atoms with van der Waals surface area (Å²) in [4.78, 5) is 17.0. The number of piperazine rings is 1. The second-order valence-electron chi connectivity index (χ2n) is 10.5. The number of aryl methyl sites for hydroxylation is 1. The molecule has 42 heavy (non-hydrogen) atoms. The third-order valence-electron chi connectivity index (χ3n) is 8.05. The Balaban J connectivity index is 1.68. The van der Waals surface area contributed by atoms with Gasteiger partial charge in [-0.3, -0.25) is 4.79 Å². The number of nitrogens with one attached hydrogen (secondary N) is 1. The van der Waals surface area contributed by atoms with Crippen LogP contribution in [0.25, 0.3) is 0 Å². The lowest BCUT2D eigenvalue weighted by Crippen LogP contribution is -2.46. The molecule has 11 heteroatoms. The number of sulfonamides is 1. The molecule has 1 fully saturated rings. The zero-order chi connectivity index (χ0) is 30.1. The third-order valence-corrected chi connectivity index (χ3v) is 10.0. The molecule has 5 rings (SSSR count). The molecule has 2 aliphatic rings. The first-order valence-corrected chi connectivity index (χ1v) is 15.9. The van der Waals surface area contributed by atoms with E-state index in [0.717, 1.165) is 30.5 Å². The average Bonchev–Trinajstić information content (AvgIpc) is 3.22. The van der Waals surface area contributed by atoms with Crippen molar-refractivity contribution in [2.24, 2.45) is 0 Å². The standard InChI is InChI=1S/C31H35ClFN3O5S/c1-4-41-28-11-10-22(18-21(28)2)42(38,39)36-27-20-29(40-3)25(32)19-24(27)31(30(36)37,23-8-5-6-9-26(23)33)12-7-15-35-16-13-34-14-17-35/h5-6,8-11,18-20,34H,4,7,12-17H2,1-3H3. The van der Waals surface area contributed by atoms with Crippen LogP contribution >= 0.6 is 11.6 Å². The number of rotatable bonds is 10. The van der Waals surface area contributed by atoms with E-state index >= 15 is 4.39 Å². The number of halogens is 2. The van der Waals surface area contributed by atoms with Crippen molar-refractivity contribution in [2.45, 2.75) is 37.0 Å². The Bertz CT molecular complexity index is 1600. The van der Waals surface area contributed by atoms with Crippen LogP contribution in [0.5, 0.6) is 11.5 Å². The highest BCUT2D eigenvalue weighted by Gasteiger charge is 2.57. The molecule has 1 N–H and O–H groups in total. The predicted molar refractivity (Wildman–Crippen MR) is 161 cm³/mol. The molecule has 3 aromatic carbocycles. The minimum absolute atomic E-state index is 0.0816. The van der Waals surface area contributed by atoms with Gasteiger partial charge >= 0.3 is 0 Å². The van der Waals surface area contributed by atoms with Crippen LogP contribution in [-0.2, 0) is 20.2 Å². The van der Waals surface area contributed by atoms with Crippen molar-refractivity contribution >= 4 is 33.2 Å². The summed E-state index contributed by atoms with van der Waals surface area (Å²) in [6.45, 7) is 8.13. The van der Waals surface area contributed by atoms with Crippen LogP contribution in [0.15, 0.2) is 59.5 Å². The van der Waals surface area contributed by atoms with Crippen LogP contribution < -0.4 is 19.1 Å². The van der Waals surface area contributed by atoms with Gasteiger partial charge in [-0.15, -0.1) is 0 Å². The van der Waals surface area contributed by atoms with E-state index in [2.05, 4.69) is 10.2 Å². The number of benzene rings is 3. The number of methoxy groups -OCH3 is 1. The van der Waals surface area contributed by atoms with Gasteiger partial charge < -0.3 is 19.7 Å². The maximum Gasteiger partial charge on any atom is 0.270 e. The third kappa shape index (κ3) is 5.25. The molecular weight excluding hydrogens is 581 g/mol. The molecule has 0 spiro atoms. The number of anilines is 1. The van der Waals surface area contributed by atoms with Gasteiger partial charge in [0.25, 0.3) is 15.9 Å². The van der Waals surface area contributed by atoms with Crippen molar-refractivity contribution in [2.75, 3.05) is 50.7 Å². The van der Waals surface area contributed by atoms with Crippen LogP contribution in [0.2, 0.25) is 5.02 Å². The highest BCUT2D eigenvalue weighted by Crippen LogP contribution is 2.53. The first kappa shape index (κ1) is 30.3. The lowest BCUT2D eigenvalue weighted by Gasteiger charge is -2.32. The molecule has 1 unspecified atom stereocenters. The zero-order valence-corrected chi connectivity index (χ0v) is 25.5. The summed E-state index contributed by atoms with van der Waals surface area (Å²) < 4.78 is 56.1. The summed E-state index contributed by atoms with van der Waals surface area (Å²) in [6.07, 6.45) is 0.708. The molecule has 8 nitrogen and oxygen atoms in total. The molecule has 3 aromatic rings. The molecule has 0 aliphatic carbocycles. The van der Waals surface area contributed by atoms with Crippen molar-refractivity contribution in [3.8, 4) is 11.5 Å². The van der Waals surface area contributed by atoms with E-state index in [1.807, 2.05) is 6.92 Å². The predicted octanol–water partition coefficient (Wildman–Crippen LogP) is 4.90. The highest BCUT2D eigenvalue weighted by molar-refractivity contribution is 7.93. The summed E-state index contributed by atoms with van der Waals surface area (Å²) in [7, 11) is -3.03. The van der Waals surface area contributed by atoms with Gasteiger partial charge in [0.05, 0.1) is 29.3 Å². The molecule has 224 valence electrons. The number of carbonyl (C=O) groups excluding carboxylic acids is 1. The van der Waals surface area contributed by atoms with Crippen LogP contribution in [0.3, 0.4) is 0 Å². The van der Waals surface area contributed by atoms with Crippen molar-refractivity contribution in [3.63, 3.8) is 0 Å². The molecule has 0 bridgehead atoms. The molecule has 0 saturated carbocycles. The van der Waals surface area contributed by atoms with Crippen LogP contribution in [0, 0.1) is 12.7 Å². The maximum atomic E-state index is 15.7. The number of ether oxygens (including phenoxy) is 2. The lowest BCUT2D eigenvalue weighted by atomic mass is 9.72. The van der Waals surface area contributed by atoms with Crippen LogP contribution in [0.4, 0.5) is 10.1 Å². The topological polar surface area (TPSA) is 88.2 Å². The number of amides is 1. The highest BCUT2D eigenvalue weighted by atomic mass is 35.5. The van der Waals surface area contributed by atoms with Gasteiger partial charge in [0.2, 0.25) is 0 Å². The second kappa shape index (κ2) is 12.2. The molecule has 2 aliphatic heterocycles. The van der Waals surface area contributed by atoms with Crippen molar-refractivity contribution in [1.82, 2.24) is 10.2 Å². The number of fused-ring (bicyclic) bond motifs is 1. The quantitative estimate of drug-likeness (QED) is 0.347. The number of nitrogens with zero attached hydrogens (tertiary/aromatic N) is 2. The fourth-order valence-electron chi connectivity index (χ4n) is 6.00. The minimum Gasteiger partial charge on any atom is -0.495 e. The fraction of sp³-hybridized carbons (Fsp3) is 0.387. The van der Waals surface area contributed by atoms with E-state index in [4.69, 9.17) is 21.1 Å². The SMILES string of the molecule is CCOc1ccc(S(=O)(=O)N2C(=O)C(CCCN3CCNCC3)(c3ccccc3F)c3cc(Cl)c(OC)cc32)cc1C. The summed E-state index contributed by atoms with van der Waals surface area (Å²) in [5, 5.41) is 3.52. The Labute approximate surface area is 251 Å². The van der Waals surface area contributed by atoms with E-state index in [1.165, 1.54) is 31.4 Å². The van der Waals surface area contributed by atoms with E-state index < -0.39 is 27.2 Å². The van der Waals surface area contributed by atoms with Gasteiger partial charge in [-0.1, -0.05) is 29.8 Å². The Morgan fingerprint density at radius 1 is 1.05 bits per heavy atom. The zero-order valence-electron chi connectivity index (χ0n) is 24.0. The van der Waals surface area contributed by atoms with Gasteiger partial charge in [-0.2, -0.15) is 0 Å². The monoisotopic (exact) mass is 615 g/mol. The van der Waals surface area contributed by atoms with E-state index in [9.17, 15) is 13.2 Å². The molecule has 1 saturated heterocycles. The Morgan fingerprint density at radius 2 is 1.79 bits per heavy atom. The van der Waals surface area contributed by atoms with Gasteiger partial charge in [-0.25, -0.2) is 17.1 Å². The van der Waals surface area contributed by atoms with Gasteiger partial charge in [0.15, 0.2) is 0 Å². The van der Waals surface area contributed by atoms with Crippen LogP contribution in [-0.4, -0.2) is 65.7 Å². The fourth-order valence-corrected chi connectivity index (χ4v) is 7.80. The van der Waals surface area contributed by atoms with Gasteiger partial charge in [0.1, 0.15) is 22.7 Å². The summed E-state index contributed by atoms with van der Waals surface area (Å²) in [6, 6.07) is 13.5. The van der Waals surface area contributed by atoms with E-state index in [1.54, 1.807) is 37.3 Å². The largest absolute Gasteiger partial charge is 0.495 e. The summed E-state index contributed by atoms with van der Waals surface area (Å²) in [5.74, 6) is -0.594. The normalized spacial score (nSPS) is 19.2. The Morgan fingerprint density at radius 3 is 2.45 bits per heavy atom. The molecule has 2 heterocycles. The molecule has 1 atom stereocenters. The van der Waals surface area contributed by atoms with Crippen molar-refractivity contribution in [3.05, 3.63) is 82.1 Å². The average molecular weight is 616 g/mol. The number of hydrogen-bond donors (Lipinski definition) is 1. The molecule has 0 aromatic heterocycles. The summed E-state index contributed by atoms with van der Waals surface area (Å²) in [5.41, 5.74) is -0.487. The first-order chi connectivity index (χ1) is 20.1. The first-order valence-electron chi connectivity index (χ1n) is 14.0. The van der Waals surface area contributed by atoms with Crippen LogP contribution in [0.1, 0.15) is 36.5 Å². The Hall–Kier alpha value is -3.18. The lowest BCUT2D eigenvalue weighted by molar-refractivity contribution is -0.121. The van der Waals surface area contributed by atoms with E-state index in [-0.39, 0.29) is 33.3 Å². The molecular formula is C31H35ClFN3O5S. The molecule has 0 radical (unpaired) electrons. The summed E-state index contributed by atoms with van der Waals surface area (Å²) >= 11 is 6.59. The van der Waals surface area contributed by atoms with Gasteiger partial charge in [0, 0.05) is 37.8 Å². The number of hydrogen-bond acceptors (Lipinski definition) is 7. The second-order valence-corrected chi connectivity index (χ2v) is 12.7. The smallest absolute Gasteiger partial charge is 0.270 e. The van der Waals surface area contributed by atoms with Gasteiger partial charge in [-0.05, 0) is 74.7 Å². The Kier molecular flexibility index (Phi) is 8.80. The molecule has 1 amide bonds. The minimum atomic E-state index is -4.44. The number of carbonyl (C=O) groups is 1. The van der Waals surface area contributed by atoms with Crippen molar-refractivity contribution < 1.29 is 27.1 Å². The maximum absolute atomic E-state index is 15.7. The van der Waals surface area contributed by atoms with Crippen molar-refractivity contribution in [1.29, 1.82) is 0 Å².